The molecule has 0 aliphatic heterocycles. The summed E-state index contributed by atoms with van der Waals surface area (Å²) >= 11 is 4.27. The maximum atomic E-state index is 11.6. The zero-order chi connectivity index (χ0) is 11.4. The minimum absolute atomic E-state index is 0.0926. The van der Waals surface area contributed by atoms with Gasteiger partial charge in [-0.05, 0) is 24.0 Å². The van der Waals surface area contributed by atoms with Gasteiger partial charge in [-0.1, -0.05) is 5.16 Å². The van der Waals surface area contributed by atoms with E-state index in [1.54, 1.807) is 0 Å². The molecule has 1 aromatic rings. The number of aromatic nitrogens is 2. The van der Waals surface area contributed by atoms with Gasteiger partial charge in [0.05, 0.1) is 0 Å². The predicted octanol–water partition coefficient (Wildman–Crippen LogP) is 0.828. The van der Waals surface area contributed by atoms with Gasteiger partial charge in [0.15, 0.2) is 5.82 Å². The third-order valence-electron chi connectivity index (χ3n) is 2.91. The number of carbonyl (C=O) groups is 1. The first-order valence-corrected chi connectivity index (χ1v) is 6.00. The number of carbonyl (C=O) groups excluding carboxylic acids is 1. The molecule has 0 saturated heterocycles. The lowest BCUT2D eigenvalue weighted by Crippen LogP contribution is -2.28. The normalized spacial score (nSPS) is 17.1. The van der Waals surface area contributed by atoms with Crippen molar-refractivity contribution in [1.29, 1.82) is 0 Å². The standard InChI is InChI=1S/C10H15N3O2S/c14-9(5-10(6-16)2-3-10)11-4-1-8-12-7-15-13-8/h7,16H,1-6H2,(H,11,14). The SMILES string of the molecule is O=C(CC1(CS)CC1)NCCc1ncon1. The molecule has 2 rings (SSSR count). The largest absolute Gasteiger partial charge is 0.356 e. The van der Waals surface area contributed by atoms with Crippen LogP contribution in [0.2, 0.25) is 0 Å². The summed E-state index contributed by atoms with van der Waals surface area (Å²) in [5.41, 5.74) is 0.180. The second-order valence-corrected chi connectivity index (χ2v) is 4.60. The molecule has 0 bridgehead atoms. The van der Waals surface area contributed by atoms with Crippen LogP contribution in [0.5, 0.6) is 0 Å². The van der Waals surface area contributed by atoms with Gasteiger partial charge in [0, 0.05) is 19.4 Å². The summed E-state index contributed by atoms with van der Waals surface area (Å²) in [5.74, 6) is 1.51. The van der Waals surface area contributed by atoms with Gasteiger partial charge < -0.3 is 9.84 Å². The van der Waals surface area contributed by atoms with Gasteiger partial charge in [-0.2, -0.15) is 17.6 Å². The Balaban J connectivity index is 1.64. The second-order valence-electron chi connectivity index (χ2n) is 4.28. The second kappa shape index (κ2) is 4.86. The van der Waals surface area contributed by atoms with Crippen LogP contribution < -0.4 is 5.32 Å². The molecule has 0 radical (unpaired) electrons. The number of nitrogens with one attached hydrogen (secondary N) is 1. The van der Waals surface area contributed by atoms with E-state index >= 15 is 0 Å². The van der Waals surface area contributed by atoms with Crippen molar-refractivity contribution >= 4 is 18.5 Å². The van der Waals surface area contributed by atoms with Crippen LogP contribution >= 0.6 is 12.6 Å². The van der Waals surface area contributed by atoms with Gasteiger partial charge >= 0.3 is 0 Å². The van der Waals surface area contributed by atoms with E-state index in [4.69, 9.17) is 0 Å². The number of hydrogen-bond donors (Lipinski definition) is 2. The quantitative estimate of drug-likeness (QED) is 0.724. The number of hydrogen-bond acceptors (Lipinski definition) is 5. The Hall–Kier alpha value is -1.04. The van der Waals surface area contributed by atoms with Crippen LogP contribution in [0.1, 0.15) is 25.1 Å². The van der Waals surface area contributed by atoms with E-state index in [2.05, 4.69) is 32.6 Å². The zero-order valence-electron chi connectivity index (χ0n) is 8.98. The fourth-order valence-corrected chi connectivity index (χ4v) is 2.01. The lowest BCUT2D eigenvalue weighted by atomic mass is 10.1. The predicted molar refractivity (Wildman–Crippen MR) is 61.1 cm³/mol. The first kappa shape index (κ1) is 11.4. The summed E-state index contributed by atoms with van der Waals surface area (Å²) < 4.78 is 4.60. The molecule has 1 N–H and O–H groups in total. The van der Waals surface area contributed by atoms with Crippen LogP contribution in [0.15, 0.2) is 10.9 Å². The Labute approximate surface area is 99.4 Å². The molecule has 1 aliphatic rings. The van der Waals surface area contributed by atoms with Crippen LogP contribution in [0.25, 0.3) is 0 Å². The first-order valence-electron chi connectivity index (χ1n) is 5.37. The molecule has 88 valence electrons. The molecule has 0 unspecified atom stereocenters. The molecule has 1 aliphatic carbocycles. The molecule has 1 heterocycles. The molecule has 6 heteroatoms. The zero-order valence-corrected chi connectivity index (χ0v) is 9.87. The fraction of sp³-hybridized carbons (Fsp3) is 0.700. The Bertz CT molecular complexity index is 349. The molecule has 0 spiro atoms. The van der Waals surface area contributed by atoms with Crippen molar-refractivity contribution in [2.45, 2.75) is 25.7 Å². The van der Waals surface area contributed by atoms with Crippen molar-refractivity contribution in [2.75, 3.05) is 12.3 Å². The minimum atomic E-state index is 0.0926. The van der Waals surface area contributed by atoms with Crippen molar-refractivity contribution in [3.8, 4) is 0 Å². The fourth-order valence-electron chi connectivity index (χ4n) is 1.59. The van der Waals surface area contributed by atoms with Crippen molar-refractivity contribution in [2.24, 2.45) is 5.41 Å². The van der Waals surface area contributed by atoms with Crippen molar-refractivity contribution < 1.29 is 9.32 Å². The molecular formula is C10H15N3O2S. The summed E-state index contributed by atoms with van der Waals surface area (Å²) in [7, 11) is 0. The Morgan fingerprint density at radius 2 is 2.44 bits per heavy atom. The van der Waals surface area contributed by atoms with E-state index < -0.39 is 0 Å². The van der Waals surface area contributed by atoms with Crippen molar-refractivity contribution in [3.63, 3.8) is 0 Å². The average molecular weight is 241 g/mol. The van der Waals surface area contributed by atoms with Crippen LogP contribution in [0, 0.1) is 5.41 Å². The third kappa shape index (κ3) is 2.98. The minimum Gasteiger partial charge on any atom is -0.356 e. The highest BCUT2D eigenvalue weighted by atomic mass is 32.1. The third-order valence-corrected chi connectivity index (χ3v) is 3.58. The van der Waals surface area contributed by atoms with E-state index in [0.717, 1.165) is 18.6 Å². The van der Waals surface area contributed by atoms with Crippen molar-refractivity contribution in [1.82, 2.24) is 15.5 Å². The highest BCUT2D eigenvalue weighted by molar-refractivity contribution is 7.80. The highest BCUT2D eigenvalue weighted by Crippen LogP contribution is 2.49. The highest BCUT2D eigenvalue weighted by Gasteiger charge is 2.42. The monoisotopic (exact) mass is 241 g/mol. The van der Waals surface area contributed by atoms with Crippen LogP contribution in [0.3, 0.4) is 0 Å². The summed E-state index contributed by atoms with van der Waals surface area (Å²) in [6.45, 7) is 0.557. The van der Waals surface area contributed by atoms with Gasteiger partial charge in [0.25, 0.3) is 0 Å². The summed E-state index contributed by atoms with van der Waals surface area (Å²) in [6.07, 6.45) is 4.72. The van der Waals surface area contributed by atoms with Gasteiger partial charge in [-0.15, -0.1) is 0 Å². The van der Waals surface area contributed by atoms with Crippen molar-refractivity contribution in [3.05, 3.63) is 12.2 Å². The molecule has 5 nitrogen and oxygen atoms in total. The van der Waals surface area contributed by atoms with E-state index in [-0.39, 0.29) is 11.3 Å². The summed E-state index contributed by atoms with van der Waals surface area (Å²) in [5, 5.41) is 6.52. The molecule has 1 saturated carbocycles. The van der Waals surface area contributed by atoms with E-state index in [9.17, 15) is 4.79 Å². The van der Waals surface area contributed by atoms with Gasteiger partial charge in [-0.25, -0.2) is 0 Å². The lowest BCUT2D eigenvalue weighted by molar-refractivity contribution is -0.122. The maximum Gasteiger partial charge on any atom is 0.220 e. The van der Waals surface area contributed by atoms with Crippen LogP contribution in [-0.4, -0.2) is 28.3 Å². The number of amides is 1. The number of rotatable bonds is 6. The smallest absolute Gasteiger partial charge is 0.220 e. The van der Waals surface area contributed by atoms with Gasteiger partial charge in [0.2, 0.25) is 12.3 Å². The lowest BCUT2D eigenvalue weighted by Gasteiger charge is -2.10. The molecule has 16 heavy (non-hydrogen) atoms. The summed E-state index contributed by atoms with van der Waals surface area (Å²) in [6, 6.07) is 0. The van der Waals surface area contributed by atoms with Gasteiger partial charge in [-0.3, -0.25) is 4.79 Å². The first-order chi connectivity index (χ1) is 7.74. The van der Waals surface area contributed by atoms with Gasteiger partial charge in [0.1, 0.15) is 0 Å². The summed E-state index contributed by atoms with van der Waals surface area (Å²) in [4.78, 5) is 15.5. The number of thiol groups is 1. The molecule has 1 fully saturated rings. The van der Waals surface area contributed by atoms with Crippen LogP contribution in [0.4, 0.5) is 0 Å². The average Bonchev–Trinajstić information content (AvgIpc) is 2.85. The molecule has 1 amide bonds. The Kier molecular flexibility index (Phi) is 3.48. The molecule has 0 atom stereocenters. The topological polar surface area (TPSA) is 68.0 Å². The Morgan fingerprint density at radius 1 is 1.62 bits per heavy atom. The Morgan fingerprint density at radius 3 is 3.00 bits per heavy atom. The number of nitrogens with zero attached hydrogens (tertiary/aromatic N) is 2. The van der Waals surface area contributed by atoms with E-state index in [0.29, 0.717) is 25.2 Å². The molecule has 0 aromatic carbocycles. The van der Waals surface area contributed by atoms with E-state index in [1.807, 2.05) is 0 Å². The van der Waals surface area contributed by atoms with E-state index in [1.165, 1.54) is 6.39 Å². The molecular weight excluding hydrogens is 226 g/mol. The molecule has 1 aromatic heterocycles. The van der Waals surface area contributed by atoms with Crippen LogP contribution in [-0.2, 0) is 11.2 Å². The maximum absolute atomic E-state index is 11.6.